The molecule has 26 heavy (non-hydrogen) atoms. The maximum absolute atomic E-state index is 9.34. The summed E-state index contributed by atoms with van der Waals surface area (Å²) in [6.45, 7) is 4.78. The molecule has 1 aromatic heterocycles. The monoisotopic (exact) mass is 356 g/mol. The van der Waals surface area contributed by atoms with E-state index in [0.717, 1.165) is 56.3 Å². The van der Waals surface area contributed by atoms with Gasteiger partial charge in [0, 0.05) is 25.9 Å². The van der Waals surface area contributed by atoms with Crippen LogP contribution in [0.25, 0.3) is 0 Å². The lowest BCUT2D eigenvalue weighted by Gasteiger charge is -2.33. The molecule has 1 fully saturated rings. The van der Waals surface area contributed by atoms with E-state index in [1.807, 2.05) is 30.3 Å². The Bertz CT molecular complexity index is 650. The van der Waals surface area contributed by atoms with Gasteiger partial charge in [0.15, 0.2) is 0 Å². The zero-order valence-electron chi connectivity index (χ0n) is 15.4. The predicted octanol–water partition coefficient (Wildman–Crippen LogP) is 4.40. The molecule has 0 amide bonds. The topological polar surface area (TPSA) is 54.8 Å². The number of hydrogen-bond donors (Lipinski definition) is 1. The number of unbranched alkanes of at least 4 members (excludes halogenated alkanes) is 2. The van der Waals surface area contributed by atoms with Crippen molar-refractivity contribution >= 4 is 5.82 Å². The summed E-state index contributed by atoms with van der Waals surface area (Å²) in [5, 5.41) is 9.34. The van der Waals surface area contributed by atoms with Crippen molar-refractivity contribution < 1.29 is 14.6 Å². The highest BCUT2D eigenvalue weighted by atomic mass is 16.5. The van der Waals surface area contributed by atoms with E-state index in [4.69, 9.17) is 9.47 Å². The fraction of sp³-hybridized carbons (Fsp3) is 0.476. The summed E-state index contributed by atoms with van der Waals surface area (Å²) >= 11 is 0. The summed E-state index contributed by atoms with van der Waals surface area (Å²) in [7, 11) is 0. The van der Waals surface area contributed by atoms with Gasteiger partial charge in [0.1, 0.15) is 29.2 Å². The maximum Gasteiger partial charge on any atom is 0.134 e. The van der Waals surface area contributed by atoms with Crippen LogP contribution in [0.4, 0.5) is 5.82 Å². The van der Waals surface area contributed by atoms with Crippen molar-refractivity contribution in [3.8, 4) is 17.2 Å². The van der Waals surface area contributed by atoms with Crippen molar-refractivity contribution in [1.29, 1.82) is 0 Å². The SMILES string of the molecule is CCCCCOc1ccc(OC2CCN(c3ccc(O)cn3)CC2)cc1. The van der Waals surface area contributed by atoms with Crippen LogP contribution in [0.2, 0.25) is 0 Å². The van der Waals surface area contributed by atoms with Crippen molar-refractivity contribution in [3.63, 3.8) is 0 Å². The molecule has 1 aliphatic heterocycles. The van der Waals surface area contributed by atoms with Gasteiger partial charge in [0.2, 0.25) is 0 Å². The predicted molar refractivity (Wildman–Crippen MR) is 103 cm³/mol. The maximum atomic E-state index is 9.34. The molecule has 0 unspecified atom stereocenters. The number of anilines is 1. The third-order valence-corrected chi connectivity index (χ3v) is 4.64. The van der Waals surface area contributed by atoms with Gasteiger partial charge in [-0.1, -0.05) is 19.8 Å². The van der Waals surface area contributed by atoms with E-state index < -0.39 is 0 Å². The molecule has 0 radical (unpaired) electrons. The lowest BCUT2D eigenvalue weighted by molar-refractivity contribution is 0.170. The van der Waals surface area contributed by atoms with E-state index in [-0.39, 0.29) is 11.9 Å². The molecule has 2 aromatic rings. The number of pyridine rings is 1. The first-order chi connectivity index (χ1) is 12.7. The number of rotatable bonds is 8. The van der Waals surface area contributed by atoms with E-state index in [0.29, 0.717) is 0 Å². The first-order valence-corrected chi connectivity index (χ1v) is 9.54. The van der Waals surface area contributed by atoms with Crippen LogP contribution in [0.15, 0.2) is 42.6 Å². The Labute approximate surface area is 155 Å². The van der Waals surface area contributed by atoms with Crippen LogP contribution in [0, 0.1) is 0 Å². The van der Waals surface area contributed by atoms with Gasteiger partial charge in [-0.3, -0.25) is 0 Å². The van der Waals surface area contributed by atoms with Crippen LogP contribution in [0.5, 0.6) is 17.2 Å². The Morgan fingerprint density at radius 2 is 1.77 bits per heavy atom. The third-order valence-electron chi connectivity index (χ3n) is 4.64. The minimum absolute atomic E-state index is 0.199. The van der Waals surface area contributed by atoms with Crippen LogP contribution in [-0.2, 0) is 0 Å². The highest BCUT2D eigenvalue weighted by molar-refractivity contribution is 5.41. The zero-order chi connectivity index (χ0) is 18.2. The fourth-order valence-corrected chi connectivity index (χ4v) is 3.12. The molecule has 1 N–H and O–H groups in total. The zero-order valence-corrected chi connectivity index (χ0v) is 15.4. The normalized spacial score (nSPS) is 15.0. The smallest absolute Gasteiger partial charge is 0.134 e. The van der Waals surface area contributed by atoms with Crippen molar-refractivity contribution in [2.75, 3.05) is 24.6 Å². The second-order valence-corrected chi connectivity index (χ2v) is 6.71. The van der Waals surface area contributed by atoms with Gasteiger partial charge >= 0.3 is 0 Å². The largest absolute Gasteiger partial charge is 0.506 e. The first-order valence-electron chi connectivity index (χ1n) is 9.54. The Morgan fingerprint density at radius 1 is 1.04 bits per heavy atom. The fourth-order valence-electron chi connectivity index (χ4n) is 3.12. The van der Waals surface area contributed by atoms with Crippen LogP contribution < -0.4 is 14.4 Å². The average Bonchev–Trinajstić information content (AvgIpc) is 2.68. The Balaban J connectivity index is 1.43. The van der Waals surface area contributed by atoms with Gasteiger partial charge in [-0.25, -0.2) is 4.98 Å². The number of aromatic nitrogens is 1. The van der Waals surface area contributed by atoms with Crippen molar-refractivity contribution in [2.45, 2.75) is 45.1 Å². The lowest BCUT2D eigenvalue weighted by Crippen LogP contribution is -2.38. The van der Waals surface area contributed by atoms with E-state index in [9.17, 15) is 5.11 Å². The third kappa shape index (κ3) is 5.28. The van der Waals surface area contributed by atoms with E-state index in [1.54, 1.807) is 6.07 Å². The molecular weight excluding hydrogens is 328 g/mol. The minimum atomic E-state index is 0.199. The summed E-state index contributed by atoms with van der Waals surface area (Å²) in [6.07, 6.45) is 7.14. The molecule has 1 aliphatic rings. The summed E-state index contributed by atoms with van der Waals surface area (Å²) in [6, 6.07) is 11.5. The molecule has 0 atom stereocenters. The Morgan fingerprint density at radius 3 is 2.42 bits per heavy atom. The van der Waals surface area contributed by atoms with E-state index in [1.165, 1.54) is 19.0 Å². The number of nitrogens with zero attached hydrogens (tertiary/aromatic N) is 2. The second kappa shape index (κ2) is 9.32. The van der Waals surface area contributed by atoms with Crippen molar-refractivity contribution in [3.05, 3.63) is 42.6 Å². The highest BCUT2D eigenvalue weighted by Gasteiger charge is 2.21. The van der Waals surface area contributed by atoms with Crippen LogP contribution in [0.1, 0.15) is 39.0 Å². The molecule has 5 nitrogen and oxygen atoms in total. The summed E-state index contributed by atoms with van der Waals surface area (Å²) in [4.78, 5) is 6.51. The molecule has 1 saturated heterocycles. The molecule has 140 valence electrons. The van der Waals surface area contributed by atoms with E-state index >= 15 is 0 Å². The van der Waals surface area contributed by atoms with Crippen LogP contribution in [0.3, 0.4) is 0 Å². The summed E-state index contributed by atoms with van der Waals surface area (Å²) < 4.78 is 11.9. The number of aromatic hydroxyl groups is 1. The molecule has 0 bridgehead atoms. The average molecular weight is 356 g/mol. The van der Waals surface area contributed by atoms with Gasteiger partial charge in [0.05, 0.1) is 12.8 Å². The molecule has 0 saturated carbocycles. The molecule has 0 aliphatic carbocycles. The van der Waals surface area contributed by atoms with Gasteiger partial charge in [-0.2, -0.15) is 0 Å². The standard InChI is InChI=1S/C21H28N2O3/c1-2-3-4-15-25-18-6-8-19(9-7-18)26-20-11-13-23(14-12-20)21-10-5-17(24)16-22-21/h5-10,16,20,24H,2-4,11-15H2,1H3. The second-order valence-electron chi connectivity index (χ2n) is 6.71. The summed E-state index contributed by atoms with van der Waals surface area (Å²) in [5.41, 5.74) is 0. The first kappa shape index (κ1) is 18.4. The Kier molecular flexibility index (Phi) is 6.58. The quantitative estimate of drug-likeness (QED) is 0.710. The lowest BCUT2D eigenvalue weighted by atomic mass is 10.1. The molecule has 0 spiro atoms. The Hall–Kier alpha value is -2.43. The van der Waals surface area contributed by atoms with Crippen LogP contribution >= 0.6 is 0 Å². The van der Waals surface area contributed by atoms with Gasteiger partial charge < -0.3 is 19.5 Å². The minimum Gasteiger partial charge on any atom is -0.506 e. The molecule has 1 aromatic carbocycles. The molecular formula is C21H28N2O3. The highest BCUT2D eigenvalue weighted by Crippen LogP contribution is 2.24. The van der Waals surface area contributed by atoms with E-state index in [2.05, 4.69) is 16.8 Å². The van der Waals surface area contributed by atoms with Crippen molar-refractivity contribution in [2.24, 2.45) is 0 Å². The van der Waals surface area contributed by atoms with Gasteiger partial charge in [-0.15, -0.1) is 0 Å². The number of piperidine rings is 1. The molecule has 5 heteroatoms. The van der Waals surface area contributed by atoms with Crippen molar-refractivity contribution in [1.82, 2.24) is 4.98 Å². The summed E-state index contributed by atoms with van der Waals surface area (Å²) in [5.74, 6) is 2.91. The number of ether oxygens (including phenoxy) is 2. The number of benzene rings is 1. The molecule has 2 heterocycles. The van der Waals surface area contributed by atoms with Crippen LogP contribution in [-0.4, -0.2) is 35.9 Å². The van der Waals surface area contributed by atoms with Gasteiger partial charge in [-0.05, 0) is 42.8 Å². The van der Waals surface area contributed by atoms with Gasteiger partial charge in [0.25, 0.3) is 0 Å². The molecule has 3 rings (SSSR count). The number of hydrogen-bond acceptors (Lipinski definition) is 5.